The van der Waals surface area contributed by atoms with Gasteiger partial charge in [-0.2, -0.15) is 5.26 Å². The van der Waals surface area contributed by atoms with E-state index in [2.05, 4.69) is 11.8 Å². The highest BCUT2D eigenvalue weighted by atomic mass is 32.1. The molecule has 5 nitrogen and oxygen atoms in total. The number of hydrogen-bond donors (Lipinski definition) is 1. The first-order chi connectivity index (χ1) is 9.60. The fourth-order valence-electron chi connectivity index (χ4n) is 1.89. The van der Waals surface area contributed by atoms with Gasteiger partial charge in [0, 0.05) is 13.1 Å². The van der Waals surface area contributed by atoms with E-state index >= 15 is 0 Å². The van der Waals surface area contributed by atoms with E-state index in [-0.39, 0.29) is 12.3 Å². The molecule has 0 radical (unpaired) electrons. The van der Waals surface area contributed by atoms with E-state index in [0.29, 0.717) is 10.4 Å². The van der Waals surface area contributed by atoms with Gasteiger partial charge >= 0.3 is 5.97 Å². The second-order valence-electron chi connectivity index (χ2n) is 4.29. The van der Waals surface area contributed by atoms with Crippen LogP contribution in [0.15, 0.2) is 0 Å². The predicted octanol–water partition coefficient (Wildman–Crippen LogP) is 3.01. The van der Waals surface area contributed by atoms with E-state index in [0.717, 1.165) is 30.9 Å². The minimum absolute atomic E-state index is 0.237. The molecule has 0 fully saturated rings. The highest BCUT2D eigenvalue weighted by molar-refractivity contribution is 7.17. The molecule has 1 aromatic heterocycles. The summed E-state index contributed by atoms with van der Waals surface area (Å²) in [4.78, 5) is 14.5. The van der Waals surface area contributed by atoms with E-state index in [1.807, 2.05) is 13.0 Å². The molecule has 1 heterocycles. The number of thiophene rings is 1. The summed E-state index contributed by atoms with van der Waals surface area (Å²) in [5, 5.41) is 9.85. The molecule has 0 spiro atoms. The van der Waals surface area contributed by atoms with Gasteiger partial charge in [0.1, 0.15) is 21.5 Å². The first-order valence-electron chi connectivity index (χ1n) is 6.84. The second kappa shape index (κ2) is 7.75. The second-order valence-corrected chi connectivity index (χ2v) is 5.29. The molecule has 1 aromatic rings. The molecule has 0 aliphatic carbocycles. The Balaban J connectivity index is 3.22. The lowest BCUT2D eigenvalue weighted by Gasteiger charge is -2.22. The van der Waals surface area contributed by atoms with E-state index in [1.54, 1.807) is 6.92 Å². The zero-order valence-corrected chi connectivity index (χ0v) is 13.0. The molecular formula is C14H21N3O2S. The van der Waals surface area contributed by atoms with Crippen LogP contribution in [0.2, 0.25) is 0 Å². The molecule has 0 aliphatic heterocycles. The number of carbonyl (C=O) groups is 1. The van der Waals surface area contributed by atoms with Gasteiger partial charge < -0.3 is 15.4 Å². The lowest BCUT2D eigenvalue weighted by atomic mass is 10.2. The summed E-state index contributed by atoms with van der Waals surface area (Å²) in [6.45, 7) is 7.77. The molecule has 0 saturated carbocycles. The summed E-state index contributed by atoms with van der Waals surface area (Å²) < 4.78 is 5.06. The van der Waals surface area contributed by atoms with Crippen LogP contribution in [0.4, 0.5) is 10.7 Å². The molecule has 0 amide bonds. The number of nitrogens with zero attached hydrogens (tertiary/aromatic N) is 2. The third kappa shape index (κ3) is 3.42. The zero-order valence-electron chi connectivity index (χ0n) is 12.2. The number of carbonyl (C=O) groups excluding carboxylic acids is 1. The largest absolute Gasteiger partial charge is 0.462 e. The Morgan fingerprint density at radius 2 is 2.15 bits per heavy atom. The summed E-state index contributed by atoms with van der Waals surface area (Å²) in [5.74, 6) is -0.451. The minimum atomic E-state index is -0.451. The standard InChI is InChI=1S/C14H21N3O2S/c1-4-7-8-17(5-2)13-11(14(18)19-6-3)12(16)10(9-15)20-13/h4-8,16H2,1-3H3. The van der Waals surface area contributed by atoms with Gasteiger partial charge in [-0.15, -0.1) is 11.3 Å². The van der Waals surface area contributed by atoms with Crippen LogP contribution in [0.25, 0.3) is 0 Å². The van der Waals surface area contributed by atoms with Crippen molar-refractivity contribution in [1.82, 2.24) is 0 Å². The predicted molar refractivity (Wildman–Crippen MR) is 82.2 cm³/mol. The van der Waals surface area contributed by atoms with Crippen molar-refractivity contribution in [2.24, 2.45) is 0 Å². The van der Waals surface area contributed by atoms with Crippen LogP contribution < -0.4 is 10.6 Å². The van der Waals surface area contributed by atoms with Gasteiger partial charge in [0.05, 0.1) is 12.3 Å². The maximum atomic E-state index is 12.1. The Kier molecular flexibility index (Phi) is 6.32. The number of hydrogen-bond acceptors (Lipinski definition) is 6. The Morgan fingerprint density at radius 3 is 2.65 bits per heavy atom. The summed E-state index contributed by atoms with van der Waals surface area (Å²) in [5.41, 5.74) is 6.50. The van der Waals surface area contributed by atoms with Gasteiger partial charge in [-0.1, -0.05) is 13.3 Å². The van der Waals surface area contributed by atoms with E-state index in [1.165, 1.54) is 11.3 Å². The van der Waals surface area contributed by atoms with Crippen molar-refractivity contribution >= 4 is 28.0 Å². The third-order valence-corrected chi connectivity index (χ3v) is 4.13. The topological polar surface area (TPSA) is 79.4 Å². The van der Waals surface area contributed by atoms with Crippen molar-refractivity contribution in [3.05, 3.63) is 10.4 Å². The molecular weight excluding hydrogens is 274 g/mol. The van der Waals surface area contributed by atoms with E-state index in [4.69, 9.17) is 15.7 Å². The molecule has 6 heteroatoms. The van der Waals surface area contributed by atoms with Gasteiger partial charge in [0.15, 0.2) is 0 Å². The Morgan fingerprint density at radius 1 is 1.45 bits per heavy atom. The van der Waals surface area contributed by atoms with Crippen LogP contribution in [0.1, 0.15) is 48.8 Å². The van der Waals surface area contributed by atoms with Gasteiger partial charge in [-0.3, -0.25) is 0 Å². The number of nitriles is 1. The quantitative estimate of drug-likeness (QED) is 0.782. The normalized spacial score (nSPS) is 10.1. The fraction of sp³-hybridized carbons (Fsp3) is 0.571. The summed E-state index contributed by atoms with van der Waals surface area (Å²) in [6, 6.07) is 2.05. The molecule has 20 heavy (non-hydrogen) atoms. The summed E-state index contributed by atoms with van der Waals surface area (Å²) >= 11 is 1.26. The van der Waals surface area contributed by atoms with E-state index < -0.39 is 5.97 Å². The van der Waals surface area contributed by atoms with Crippen LogP contribution in [0, 0.1) is 11.3 Å². The molecule has 0 aromatic carbocycles. The van der Waals surface area contributed by atoms with Crippen LogP contribution in [0.3, 0.4) is 0 Å². The Labute approximate surface area is 123 Å². The molecule has 0 atom stereocenters. The van der Waals surface area contributed by atoms with Gasteiger partial charge in [-0.05, 0) is 20.3 Å². The zero-order chi connectivity index (χ0) is 15.1. The van der Waals surface area contributed by atoms with Crippen molar-refractivity contribution < 1.29 is 9.53 Å². The first-order valence-corrected chi connectivity index (χ1v) is 7.66. The summed E-state index contributed by atoms with van der Waals surface area (Å²) in [7, 11) is 0. The highest BCUT2D eigenvalue weighted by Crippen LogP contribution is 2.38. The number of nitrogen functional groups attached to an aromatic ring is 1. The SMILES string of the molecule is CCCCN(CC)c1sc(C#N)c(N)c1C(=O)OCC. The fourth-order valence-corrected chi connectivity index (χ4v) is 2.99. The van der Waals surface area contributed by atoms with Crippen molar-refractivity contribution in [2.75, 3.05) is 30.3 Å². The average molecular weight is 295 g/mol. The van der Waals surface area contributed by atoms with Crippen LogP contribution in [-0.4, -0.2) is 25.7 Å². The lowest BCUT2D eigenvalue weighted by molar-refractivity contribution is 0.0529. The van der Waals surface area contributed by atoms with Gasteiger partial charge in [0.25, 0.3) is 0 Å². The average Bonchev–Trinajstić information content (AvgIpc) is 2.77. The van der Waals surface area contributed by atoms with Crippen molar-refractivity contribution in [2.45, 2.75) is 33.6 Å². The maximum Gasteiger partial charge on any atom is 0.343 e. The summed E-state index contributed by atoms with van der Waals surface area (Å²) in [6.07, 6.45) is 2.09. The maximum absolute atomic E-state index is 12.1. The molecule has 0 bridgehead atoms. The smallest absolute Gasteiger partial charge is 0.343 e. The number of ether oxygens (including phenoxy) is 1. The molecule has 0 aliphatic rings. The molecule has 110 valence electrons. The molecule has 0 unspecified atom stereocenters. The van der Waals surface area contributed by atoms with Crippen molar-refractivity contribution in [1.29, 1.82) is 5.26 Å². The van der Waals surface area contributed by atoms with Crippen LogP contribution in [-0.2, 0) is 4.74 Å². The van der Waals surface area contributed by atoms with Gasteiger partial charge in [0.2, 0.25) is 0 Å². The van der Waals surface area contributed by atoms with E-state index in [9.17, 15) is 4.79 Å². The lowest BCUT2D eigenvalue weighted by Crippen LogP contribution is -2.25. The number of nitrogens with two attached hydrogens (primary N) is 1. The van der Waals surface area contributed by atoms with Crippen molar-refractivity contribution in [3.63, 3.8) is 0 Å². The number of unbranched alkanes of at least 4 members (excludes halogenated alkanes) is 1. The molecule has 0 saturated heterocycles. The number of anilines is 2. The monoisotopic (exact) mass is 295 g/mol. The molecule has 1 rings (SSSR count). The number of rotatable bonds is 7. The highest BCUT2D eigenvalue weighted by Gasteiger charge is 2.26. The number of esters is 1. The molecule has 2 N–H and O–H groups in total. The van der Waals surface area contributed by atoms with Crippen molar-refractivity contribution in [3.8, 4) is 6.07 Å². The van der Waals surface area contributed by atoms with Crippen LogP contribution >= 0.6 is 11.3 Å². The Bertz CT molecular complexity index is 505. The van der Waals surface area contributed by atoms with Crippen LogP contribution in [0.5, 0.6) is 0 Å². The Hall–Kier alpha value is -1.74. The first kappa shape index (κ1) is 16.3. The van der Waals surface area contributed by atoms with Gasteiger partial charge in [-0.25, -0.2) is 4.79 Å². The third-order valence-electron chi connectivity index (χ3n) is 2.96. The minimum Gasteiger partial charge on any atom is -0.462 e.